The van der Waals surface area contributed by atoms with Crippen LogP contribution in [-0.4, -0.2) is 27.9 Å². The summed E-state index contributed by atoms with van der Waals surface area (Å²) in [7, 11) is 0. The van der Waals surface area contributed by atoms with Crippen LogP contribution in [0.1, 0.15) is 55.7 Å². The number of hydrogen-bond acceptors (Lipinski definition) is 7. The Bertz CT molecular complexity index is 832. The van der Waals surface area contributed by atoms with E-state index in [2.05, 4.69) is 10.1 Å². The summed E-state index contributed by atoms with van der Waals surface area (Å²) in [5, 5.41) is 3.86. The maximum Gasteiger partial charge on any atom is 0.338 e. The molecular formula is C18H19N3O5. The predicted octanol–water partition coefficient (Wildman–Crippen LogP) is 2.38. The van der Waals surface area contributed by atoms with Crippen molar-refractivity contribution in [1.82, 2.24) is 10.1 Å². The molecule has 136 valence electrons. The van der Waals surface area contributed by atoms with Crippen molar-refractivity contribution in [3.63, 3.8) is 0 Å². The SMILES string of the molecule is CC(C)(C)c1noc(COC(=O)c2ccc(N3C(=O)CCC3=O)cc2)n1. The number of hydrogen-bond donors (Lipinski definition) is 0. The van der Waals surface area contributed by atoms with Crippen LogP contribution in [0, 0.1) is 0 Å². The van der Waals surface area contributed by atoms with Gasteiger partial charge >= 0.3 is 5.97 Å². The zero-order valence-electron chi connectivity index (χ0n) is 14.8. The molecule has 2 amide bonds. The van der Waals surface area contributed by atoms with Gasteiger partial charge in [0, 0.05) is 18.3 Å². The highest BCUT2D eigenvalue weighted by Gasteiger charge is 2.30. The van der Waals surface area contributed by atoms with Crippen LogP contribution in [0.3, 0.4) is 0 Å². The minimum atomic E-state index is -0.564. The number of ether oxygens (including phenoxy) is 1. The van der Waals surface area contributed by atoms with Gasteiger partial charge in [-0.25, -0.2) is 4.79 Å². The lowest BCUT2D eigenvalue weighted by molar-refractivity contribution is -0.121. The monoisotopic (exact) mass is 357 g/mol. The van der Waals surface area contributed by atoms with E-state index in [1.165, 1.54) is 12.1 Å². The molecule has 0 aliphatic carbocycles. The zero-order chi connectivity index (χ0) is 18.9. The van der Waals surface area contributed by atoms with Gasteiger partial charge in [-0.15, -0.1) is 0 Å². The fourth-order valence-corrected chi connectivity index (χ4v) is 2.44. The van der Waals surface area contributed by atoms with Gasteiger partial charge in [-0.2, -0.15) is 4.98 Å². The molecule has 2 aromatic rings. The summed E-state index contributed by atoms with van der Waals surface area (Å²) >= 11 is 0. The molecule has 0 N–H and O–H groups in total. The first-order valence-electron chi connectivity index (χ1n) is 8.22. The smallest absolute Gasteiger partial charge is 0.338 e. The number of benzene rings is 1. The summed E-state index contributed by atoms with van der Waals surface area (Å²) in [6, 6.07) is 6.10. The first-order valence-corrected chi connectivity index (χ1v) is 8.22. The van der Waals surface area contributed by atoms with E-state index in [1.54, 1.807) is 12.1 Å². The van der Waals surface area contributed by atoms with Crippen LogP contribution in [0.15, 0.2) is 28.8 Å². The van der Waals surface area contributed by atoms with Gasteiger partial charge < -0.3 is 9.26 Å². The van der Waals surface area contributed by atoms with Crippen molar-refractivity contribution in [3.05, 3.63) is 41.5 Å². The standard InChI is InChI=1S/C18H19N3O5/c1-18(2,3)17-19-13(26-20-17)10-25-16(24)11-4-6-12(7-5-11)21-14(22)8-9-15(21)23/h4-7H,8-10H2,1-3H3. The second-order valence-corrected chi connectivity index (χ2v) is 7.01. The van der Waals surface area contributed by atoms with Gasteiger partial charge in [0.25, 0.3) is 5.89 Å². The van der Waals surface area contributed by atoms with Gasteiger partial charge in [-0.05, 0) is 24.3 Å². The Morgan fingerprint density at radius 2 is 1.77 bits per heavy atom. The van der Waals surface area contributed by atoms with Crippen LogP contribution in [0.2, 0.25) is 0 Å². The number of carbonyl (C=O) groups excluding carboxylic acids is 3. The summed E-state index contributed by atoms with van der Waals surface area (Å²) in [4.78, 5) is 40.9. The van der Waals surface area contributed by atoms with Crippen molar-refractivity contribution in [2.45, 2.75) is 45.6 Å². The highest BCUT2D eigenvalue weighted by Crippen LogP contribution is 2.23. The number of carbonyl (C=O) groups is 3. The molecule has 1 aliphatic rings. The molecule has 0 unspecified atom stereocenters. The summed E-state index contributed by atoms with van der Waals surface area (Å²) in [5.41, 5.74) is 0.482. The summed E-state index contributed by atoms with van der Waals surface area (Å²) in [5.74, 6) is -0.292. The Balaban J connectivity index is 1.62. The largest absolute Gasteiger partial charge is 0.452 e. The molecule has 0 bridgehead atoms. The highest BCUT2D eigenvalue weighted by molar-refractivity contribution is 6.19. The molecule has 8 heteroatoms. The van der Waals surface area contributed by atoms with Crippen LogP contribution in [-0.2, 0) is 26.3 Å². The Morgan fingerprint density at radius 1 is 1.15 bits per heavy atom. The van der Waals surface area contributed by atoms with Crippen molar-refractivity contribution in [1.29, 1.82) is 0 Å². The van der Waals surface area contributed by atoms with Crippen molar-refractivity contribution in [3.8, 4) is 0 Å². The number of imide groups is 1. The van der Waals surface area contributed by atoms with Crippen molar-refractivity contribution < 1.29 is 23.6 Å². The number of amides is 2. The molecule has 1 saturated heterocycles. The third kappa shape index (κ3) is 3.63. The summed E-state index contributed by atoms with van der Waals surface area (Å²) in [6.07, 6.45) is 0.423. The molecule has 1 aliphatic heterocycles. The van der Waals surface area contributed by atoms with E-state index in [1.807, 2.05) is 20.8 Å². The number of nitrogens with zero attached hydrogens (tertiary/aromatic N) is 3. The molecule has 3 rings (SSSR count). The fraction of sp³-hybridized carbons (Fsp3) is 0.389. The maximum absolute atomic E-state index is 12.1. The summed E-state index contributed by atoms with van der Waals surface area (Å²) < 4.78 is 10.2. The van der Waals surface area contributed by atoms with Crippen molar-refractivity contribution in [2.75, 3.05) is 4.90 Å². The van der Waals surface area contributed by atoms with Gasteiger partial charge in [-0.3, -0.25) is 14.5 Å². The normalized spacial score (nSPS) is 14.8. The molecule has 1 fully saturated rings. The van der Waals surface area contributed by atoms with Crippen LogP contribution in [0.25, 0.3) is 0 Å². The van der Waals surface area contributed by atoms with E-state index in [0.29, 0.717) is 17.1 Å². The lowest BCUT2D eigenvalue weighted by Gasteiger charge is -2.13. The van der Waals surface area contributed by atoms with E-state index >= 15 is 0 Å². The van der Waals surface area contributed by atoms with Gasteiger partial charge in [0.2, 0.25) is 11.8 Å². The van der Waals surface area contributed by atoms with Crippen LogP contribution >= 0.6 is 0 Å². The molecule has 0 saturated carbocycles. The van der Waals surface area contributed by atoms with E-state index < -0.39 is 5.97 Å². The predicted molar refractivity (Wildman–Crippen MR) is 90.3 cm³/mol. The molecule has 26 heavy (non-hydrogen) atoms. The maximum atomic E-state index is 12.1. The van der Waals surface area contributed by atoms with Crippen LogP contribution in [0.5, 0.6) is 0 Å². The van der Waals surface area contributed by atoms with E-state index in [4.69, 9.17) is 9.26 Å². The Morgan fingerprint density at radius 3 is 2.31 bits per heavy atom. The van der Waals surface area contributed by atoms with Gasteiger partial charge in [0.05, 0.1) is 11.3 Å². The zero-order valence-corrected chi connectivity index (χ0v) is 14.8. The molecule has 2 heterocycles. The minimum absolute atomic E-state index is 0.132. The van der Waals surface area contributed by atoms with Gasteiger partial charge in [0.1, 0.15) is 0 Å². The third-order valence-corrected chi connectivity index (χ3v) is 3.88. The number of anilines is 1. The second kappa shape index (κ2) is 6.70. The van der Waals surface area contributed by atoms with Crippen molar-refractivity contribution >= 4 is 23.5 Å². The van der Waals surface area contributed by atoms with Crippen LogP contribution in [0.4, 0.5) is 5.69 Å². The quantitative estimate of drug-likeness (QED) is 0.611. The Hall–Kier alpha value is -3.03. The number of rotatable bonds is 4. The van der Waals surface area contributed by atoms with E-state index in [-0.39, 0.29) is 42.6 Å². The molecule has 8 nitrogen and oxygen atoms in total. The van der Waals surface area contributed by atoms with E-state index in [0.717, 1.165) is 4.90 Å². The van der Waals surface area contributed by atoms with Gasteiger partial charge in [-0.1, -0.05) is 25.9 Å². The first-order chi connectivity index (χ1) is 12.3. The molecule has 1 aromatic heterocycles. The Labute approximate surface area is 150 Å². The van der Waals surface area contributed by atoms with Gasteiger partial charge in [0.15, 0.2) is 12.4 Å². The van der Waals surface area contributed by atoms with Crippen molar-refractivity contribution in [2.24, 2.45) is 0 Å². The highest BCUT2D eigenvalue weighted by atomic mass is 16.6. The van der Waals surface area contributed by atoms with E-state index in [9.17, 15) is 14.4 Å². The molecule has 0 atom stereocenters. The summed E-state index contributed by atoms with van der Waals surface area (Å²) in [6.45, 7) is 5.72. The number of esters is 1. The third-order valence-electron chi connectivity index (χ3n) is 3.88. The number of aromatic nitrogens is 2. The topological polar surface area (TPSA) is 103 Å². The van der Waals surface area contributed by atoms with Crippen LogP contribution < -0.4 is 4.90 Å². The second-order valence-electron chi connectivity index (χ2n) is 7.01. The molecular weight excluding hydrogens is 338 g/mol. The first kappa shape index (κ1) is 17.8. The fourth-order valence-electron chi connectivity index (χ4n) is 2.44. The lowest BCUT2D eigenvalue weighted by atomic mass is 9.96. The molecule has 0 spiro atoms. The minimum Gasteiger partial charge on any atom is -0.452 e. The molecule has 1 aromatic carbocycles. The molecule has 0 radical (unpaired) electrons. The lowest BCUT2D eigenvalue weighted by Crippen LogP contribution is -2.28. The average Bonchev–Trinajstić information content (AvgIpc) is 3.20. The average molecular weight is 357 g/mol. The Kier molecular flexibility index (Phi) is 4.58.